The predicted molar refractivity (Wildman–Crippen MR) is 56.0 cm³/mol. The lowest BCUT2D eigenvalue weighted by Gasteiger charge is -2.27. The summed E-state index contributed by atoms with van der Waals surface area (Å²) in [4.78, 5) is 10.4. The molecule has 0 bridgehead atoms. The number of nitrogens with two attached hydrogens (primary N) is 1. The van der Waals surface area contributed by atoms with Crippen molar-refractivity contribution in [2.24, 2.45) is 17.6 Å². The number of aliphatic carboxylic acids is 1. The van der Waals surface area contributed by atoms with Crippen LogP contribution in [0.4, 0.5) is 0 Å². The van der Waals surface area contributed by atoms with E-state index in [1.165, 1.54) is 25.7 Å². The SMILES string of the molecule is NCCC1CCC(CCC(=O)O)CC1. The predicted octanol–water partition coefficient (Wildman–Crippen LogP) is 2.01. The number of carboxylic acid groups (broad SMARTS) is 1. The average molecular weight is 199 g/mol. The van der Waals surface area contributed by atoms with Gasteiger partial charge in [-0.1, -0.05) is 25.7 Å². The van der Waals surface area contributed by atoms with Crippen LogP contribution in [0.3, 0.4) is 0 Å². The fourth-order valence-electron chi connectivity index (χ4n) is 2.37. The topological polar surface area (TPSA) is 63.3 Å². The van der Waals surface area contributed by atoms with Crippen LogP contribution in [-0.4, -0.2) is 17.6 Å². The van der Waals surface area contributed by atoms with Gasteiger partial charge in [-0.05, 0) is 31.2 Å². The van der Waals surface area contributed by atoms with Crippen molar-refractivity contribution in [1.29, 1.82) is 0 Å². The summed E-state index contributed by atoms with van der Waals surface area (Å²) in [5.41, 5.74) is 5.51. The van der Waals surface area contributed by atoms with E-state index in [9.17, 15) is 4.79 Å². The summed E-state index contributed by atoms with van der Waals surface area (Å²) in [6.07, 6.45) is 7.27. The second-order valence-corrected chi connectivity index (χ2v) is 4.40. The van der Waals surface area contributed by atoms with Gasteiger partial charge in [0, 0.05) is 6.42 Å². The summed E-state index contributed by atoms with van der Waals surface area (Å²) in [6, 6.07) is 0. The maximum atomic E-state index is 10.4. The third-order valence-corrected chi connectivity index (χ3v) is 3.31. The van der Waals surface area contributed by atoms with Crippen molar-refractivity contribution in [2.75, 3.05) is 6.54 Å². The third-order valence-electron chi connectivity index (χ3n) is 3.31. The molecule has 0 spiro atoms. The Labute approximate surface area is 85.7 Å². The molecule has 0 aromatic carbocycles. The van der Waals surface area contributed by atoms with Gasteiger partial charge in [0.25, 0.3) is 0 Å². The van der Waals surface area contributed by atoms with E-state index in [0.717, 1.165) is 25.3 Å². The molecule has 1 fully saturated rings. The van der Waals surface area contributed by atoms with Gasteiger partial charge in [-0.25, -0.2) is 0 Å². The van der Waals surface area contributed by atoms with Crippen LogP contribution in [0.2, 0.25) is 0 Å². The highest BCUT2D eigenvalue weighted by atomic mass is 16.4. The minimum absolute atomic E-state index is 0.340. The molecule has 1 rings (SSSR count). The maximum Gasteiger partial charge on any atom is 0.303 e. The first kappa shape index (κ1) is 11.5. The summed E-state index contributed by atoms with van der Waals surface area (Å²) in [5.74, 6) is 0.801. The minimum Gasteiger partial charge on any atom is -0.481 e. The van der Waals surface area contributed by atoms with Crippen LogP contribution in [0.15, 0.2) is 0 Å². The van der Waals surface area contributed by atoms with Crippen LogP contribution < -0.4 is 5.73 Å². The fourth-order valence-corrected chi connectivity index (χ4v) is 2.37. The number of rotatable bonds is 5. The standard InChI is InChI=1S/C11H21NO2/c12-8-7-10-3-1-9(2-4-10)5-6-11(13)14/h9-10H,1-8,12H2,(H,13,14). The van der Waals surface area contributed by atoms with Crippen molar-refractivity contribution in [3.63, 3.8) is 0 Å². The van der Waals surface area contributed by atoms with Gasteiger partial charge in [-0.15, -0.1) is 0 Å². The van der Waals surface area contributed by atoms with Crippen molar-refractivity contribution < 1.29 is 9.90 Å². The molecule has 3 nitrogen and oxygen atoms in total. The normalized spacial score (nSPS) is 27.5. The van der Waals surface area contributed by atoms with E-state index < -0.39 is 5.97 Å². The first-order valence-electron chi connectivity index (χ1n) is 5.64. The lowest BCUT2D eigenvalue weighted by atomic mass is 9.79. The summed E-state index contributed by atoms with van der Waals surface area (Å²) < 4.78 is 0. The van der Waals surface area contributed by atoms with Crippen LogP contribution in [0, 0.1) is 11.8 Å². The molecule has 1 saturated carbocycles. The first-order chi connectivity index (χ1) is 6.72. The number of hydrogen-bond acceptors (Lipinski definition) is 2. The minimum atomic E-state index is -0.658. The lowest BCUT2D eigenvalue weighted by Crippen LogP contribution is -2.18. The van der Waals surface area contributed by atoms with Crippen LogP contribution in [-0.2, 0) is 4.79 Å². The quantitative estimate of drug-likeness (QED) is 0.712. The van der Waals surface area contributed by atoms with Gasteiger partial charge in [0.05, 0.1) is 0 Å². The van der Waals surface area contributed by atoms with Crippen molar-refractivity contribution in [2.45, 2.75) is 44.9 Å². The summed E-state index contributed by atoms with van der Waals surface area (Å²) in [5, 5.41) is 8.56. The van der Waals surface area contributed by atoms with E-state index >= 15 is 0 Å². The number of carboxylic acids is 1. The van der Waals surface area contributed by atoms with Crippen LogP contribution in [0.25, 0.3) is 0 Å². The molecule has 0 radical (unpaired) electrons. The molecule has 0 amide bonds. The van der Waals surface area contributed by atoms with Gasteiger partial charge in [0.1, 0.15) is 0 Å². The van der Waals surface area contributed by atoms with E-state index in [-0.39, 0.29) is 0 Å². The highest BCUT2D eigenvalue weighted by Gasteiger charge is 2.20. The van der Waals surface area contributed by atoms with Crippen LogP contribution >= 0.6 is 0 Å². The van der Waals surface area contributed by atoms with E-state index in [1.807, 2.05) is 0 Å². The monoisotopic (exact) mass is 199 g/mol. The molecule has 0 unspecified atom stereocenters. The van der Waals surface area contributed by atoms with Crippen LogP contribution in [0.5, 0.6) is 0 Å². The second kappa shape index (κ2) is 6.02. The Morgan fingerprint density at radius 3 is 2.07 bits per heavy atom. The Bertz CT molecular complexity index is 174. The Hall–Kier alpha value is -0.570. The highest BCUT2D eigenvalue weighted by Crippen LogP contribution is 2.32. The van der Waals surface area contributed by atoms with Crippen molar-refractivity contribution in [1.82, 2.24) is 0 Å². The summed E-state index contributed by atoms with van der Waals surface area (Å²) >= 11 is 0. The zero-order valence-corrected chi connectivity index (χ0v) is 8.74. The average Bonchev–Trinajstić information content (AvgIpc) is 2.17. The second-order valence-electron chi connectivity index (χ2n) is 4.40. The maximum absolute atomic E-state index is 10.4. The molecule has 82 valence electrons. The van der Waals surface area contributed by atoms with Crippen LogP contribution in [0.1, 0.15) is 44.9 Å². The molecule has 0 aliphatic heterocycles. The Morgan fingerprint density at radius 1 is 1.14 bits per heavy atom. The molecular formula is C11H21NO2. The highest BCUT2D eigenvalue weighted by molar-refractivity contribution is 5.66. The van der Waals surface area contributed by atoms with Gasteiger partial charge >= 0.3 is 5.97 Å². The largest absolute Gasteiger partial charge is 0.481 e. The molecular weight excluding hydrogens is 178 g/mol. The van der Waals surface area contributed by atoms with E-state index in [2.05, 4.69) is 0 Å². The fraction of sp³-hybridized carbons (Fsp3) is 0.909. The van der Waals surface area contributed by atoms with E-state index in [0.29, 0.717) is 12.3 Å². The van der Waals surface area contributed by atoms with Crippen molar-refractivity contribution in [3.8, 4) is 0 Å². The molecule has 1 aliphatic rings. The number of carbonyl (C=O) groups is 1. The van der Waals surface area contributed by atoms with Crippen molar-refractivity contribution in [3.05, 3.63) is 0 Å². The van der Waals surface area contributed by atoms with Gasteiger partial charge in [0.15, 0.2) is 0 Å². The molecule has 3 heteroatoms. The van der Waals surface area contributed by atoms with E-state index in [4.69, 9.17) is 10.8 Å². The number of hydrogen-bond donors (Lipinski definition) is 2. The Balaban J connectivity index is 2.12. The molecule has 14 heavy (non-hydrogen) atoms. The third kappa shape index (κ3) is 4.09. The lowest BCUT2D eigenvalue weighted by molar-refractivity contribution is -0.137. The zero-order valence-electron chi connectivity index (χ0n) is 8.74. The molecule has 0 aromatic rings. The zero-order chi connectivity index (χ0) is 10.4. The molecule has 0 heterocycles. The Morgan fingerprint density at radius 2 is 1.64 bits per heavy atom. The molecule has 0 aromatic heterocycles. The summed E-state index contributed by atoms with van der Waals surface area (Å²) in [7, 11) is 0. The smallest absolute Gasteiger partial charge is 0.303 e. The van der Waals surface area contributed by atoms with Gasteiger partial charge in [0.2, 0.25) is 0 Å². The molecule has 3 N–H and O–H groups in total. The summed E-state index contributed by atoms with van der Waals surface area (Å²) in [6.45, 7) is 0.796. The van der Waals surface area contributed by atoms with Gasteiger partial charge in [-0.2, -0.15) is 0 Å². The van der Waals surface area contributed by atoms with Crippen molar-refractivity contribution >= 4 is 5.97 Å². The molecule has 1 aliphatic carbocycles. The van der Waals surface area contributed by atoms with Gasteiger partial charge in [-0.3, -0.25) is 4.79 Å². The Kier molecular flexibility index (Phi) is 4.94. The van der Waals surface area contributed by atoms with Gasteiger partial charge < -0.3 is 10.8 Å². The molecule has 0 saturated heterocycles. The first-order valence-corrected chi connectivity index (χ1v) is 5.64. The molecule has 0 atom stereocenters. The van der Waals surface area contributed by atoms with E-state index in [1.54, 1.807) is 0 Å².